The highest BCUT2D eigenvalue weighted by molar-refractivity contribution is 4.33. The molecule has 0 radical (unpaired) electrons. The Morgan fingerprint density at radius 1 is 2.20 bits per heavy atom. The van der Waals surface area contributed by atoms with E-state index in [1.807, 2.05) is 0 Å². The lowest BCUT2D eigenvalue weighted by Gasteiger charge is -1.90. The van der Waals surface area contributed by atoms with Crippen LogP contribution in [0.25, 0.3) is 0 Å². The largest absolute Gasteiger partial charge is 0.394 e. The molecule has 0 spiro atoms. The monoisotopic (exact) mass is 77.1 g/mol. The van der Waals surface area contributed by atoms with Gasteiger partial charge < -0.3 is 10.2 Å². The third-order valence-corrected chi connectivity index (χ3v) is 0.229. The Bertz CT molecular complexity index is 38.5. The molecule has 0 unspecified atom stereocenters. The molecule has 0 aromatic carbocycles. The van der Waals surface area contributed by atoms with Gasteiger partial charge in [0.05, 0.1) is 14.1 Å². The predicted octanol–water partition coefficient (Wildman–Crippen LogP) is -0.641. The van der Waals surface area contributed by atoms with Crippen LogP contribution in [0.4, 0.5) is 0 Å². The number of hydrogen-bond donors (Lipinski definition) is 2. The van der Waals surface area contributed by atoms with Gasteiger partial charge in [-0.3, -0.25) is 0 Å². The van der Waals surface area contributed by atoms with Gasteiger partial charge in [-0.2, -0.15) is 0 Å². The van der Waals surface area contributed by atoms with E-state index in [9.17, 15) is 0 Å². The molecule has 32 valence electrons. The highest BCUT2D eigenvalue weighted by atomic mass is 16.3. The predicted molar refractivity (Wildman–Crippen MR) is 18.8 cm³/mol. The first kappa shape index (κ1) is 3.12. The minimum absolute atomic E-state index is 0.507. The lowest BCUT2D eigenvalue weighted by Crippen LogP contribution is -2.03. The number of hydrogen-bond acceptors (Lipinski definition) is 2. The normalized spacial score (nSPS) is 24.2. The first-order valence-electron chi connectivity index (χ1n) is 1.89. The maximum atomic E-state index is 8.24. The first-order chi connectivity index (χ1) is 2.56. The Kier molecular flexibility index (Phi) is 1.36. The zero-order chi connectivity index (χ0) is 5.21. The maximum absolute atomic E-state index is 8.24. The Hall–Kier alpha value is -0.0800. The van der Waals surface area contributed by atoms with Crippen LogP contribution in [0, 0.1) is 0 Å². The van der Waals surface area contributed by atoms with E-state index in [1.54, 1.807) is 0 Å². The van der Waals surface area contributed by atoms with E-state index in [-0.39, 0.29) is 0 Å². The van der Waals surface area contributed by atoms with Gasteiger partial charge in [0, 0.05) is 0 Å². The van der Waals surface area contributed by atoms with Gasteiger partial charge in [0.1, 0.15) is 0 Å². The molecule has 0 rings (SSSR count). The lowest BCUT2D eigenvalue weighted by molar-refractivity contribution is 0.110. The van der Waals surface area contributed by atoms with Gasteiger partial charge in [-0.25, -0.2) is 0 Å². The van der Waals surface area contributed by atoms with Crippen molar-refractivity contribution in [1.29, 1.82) is 0 Å². The summed E-state index contributed by atoms with van der Waals surface area (Å²) < 4.78 is 6.49. The molecule has 0 saturated carbocycles. The summed E-state index contributed by atoms with van der Waals surface area (Å²) in [6.45, 7) is 0.708. The second-order valence-electron chi connectivity index (χ2n) is 0.893. The molecule has 1 atom stereocenters. The van der Waals surface area contributed by atoms with Crippen molar-refractivity contribution in [3.05, 3.63) is 0 Å². The molecule has 0 fully saturated rings. The molecule has 0 aliphatic heterocycles. The van der Waals surface area contributed by atoms with Gasteiger partial charge in [0.15, 0.2) is 0 Å². The fourth-order valence-corrected chi connectivity index (χ4v) is 0. The molecule has 2 nitrogen and oxygen atoms in total. The third-order valence-electron chi connectivity index (χ3n) is 0.229. The number of rotatable bonds is 1. The van der Waals surface area contributed by atoms with Crippen molar-refractivity contribution < 1.29 is 11.6 Å². The van der Waals surface area contributed by atoms with E-state index in [0.717, 1.165) is 0 Å². The van der Waals surface area contributed by atoms with E-state index < -0.39 is 12.7 Å². The standard InChI is InChI=1S/C3H8O2/c1-3(5)2-4/h3-5H,2H2,1H3/t3-/m0/s1/i3D. The van der Waals surface area contributed by atoms with Crippen LogP contribution in [-0.4, -0.2) is 22.9 Å². The molecule has 0 amide bonds. The van der Waals surface area contributed by atoms with E-state index in [2.05, 4.69) is 0 Å². The van der Waals surface area contributed by atoms with E-state index in [0.29, 0.717) is 0 Å². The van der Waals surface area contributed by atoms with Crippen molar-refractivity contribution in [1.82, 2.24) is 0 Å². The summed E-state index contributed by atoms with van der Waals surface area (Å²) >= 11 is 0. The molecule has 0 aliphatic carbocycles. The van der Waals surface area contributed by atoms with Crippen LogP contribution in [0.1, 0.15) is 8.29 Å². The van der Waals surface area contributed by atoms with Crippen molar-refractivity contribution in [3.63, 3.8) is 0 Å². The van der Waals surface area contributed by atoms with Crippen LogP contribution in [0.5, 0.6) is 0 Å². The minimum Gasteiger partial charge on any atom is -0.394 e. The summed E-state index contributed by atoms with van der Waals surface area (Å²) in [5.74, 6) is 0. The molecule has 0 saturated heterocycles. The molecule has 0 heterocycles. The summed E-state index contributed by atoms with van der Waals surface area (Å²) in [5, 5.41) is 16.2. The molecule has 0 bridgehead atoms. The highest BCUT2D eigenvalue weighted by Gasteiger charge is 1.83. The van der Waals surface area contributed by atoms with Crippen LogP contribution in [0.15, 0.2) is 0 Å². The zero-order valence-corrected chi connectivity index (χ0v) is 3.10. The van der Waals surface area contributed by atoms with Crippen molar-refractivity contribution >= 4 is 0 Å². The second kappa shape index (κ2) is 2.18. The second-order valence-corrected chi connectivity index (χ2v) is 0.893. The topological polar surface area (TPSA) is 40.5 Å². The van der Waals surface area contributed by atoms with Crippen LogP contribution in [-0.2, 0) is 0 Å². The van der Waals surface area contributed by atoms with Gasteiger partial charge in [-0.05, 0) is 6.92 Å². The Morgan fingerprint density at radius 2 is 2.40 bits per heavy atom. The molecular formula is C3H8O2. The molecule has 2 N–H and O–H groups in total. The molecule has 0 aromatic rings. The summed E-state index contributed by atoms with van der Waals surface area (Å²) in [7, 11) is 0. The minimum atomic E-state index is -1.65. The van der Waals surface area contributed by atoms with E-state index in [4.69, 9.17) is 11.6 Å². The van der Waals surface area contributed by atoms with Crippen LogP contribution in [0.3, 0.4) is 0 Å². The highest BCUT2D eigenvalue weighted by Crippen LogP contribution is 1.68. The van der Waals surface area contributed by atoms with Gasteiger partial charge in [0.2, 0.25) is 0 Å². The summed E-state index contributed by atoms with van der Waals surface area (Å²) in [6, 6.07) is 0. The smallest absolute Gasteiger partial charge is 0.0742 e. The van der Waals surface area contributed by atoms with Crippen LogP contribution in [0.2, 0.25) is 0 Å². The van der Waals surface area contributed by atoms with Gasteiger partial charge >= 0.3 is 0 Å². The van der Waals surface area contributed by atoms with Crippen LogP contribution >= 0.6 is 0 Å². The van der Waals surface area contributed by atoms with Crippen molar-refractivity contribution in [3.8, 4) is 0 Å². The number of aliphatic hydroxyl groups is 2. The first-order valence-corrected chi connectivity index (χ1v) is 1.39. The summed E-state index contributed by atoms with van der Waals surface area (Å²) in [5.41, 5.74) is 0. The van der Waals surface area contributed by atoms with Crippen molar-refractivity contribution in [2.75, 3.05) is 6.61 Å². The van der Waals surface area contributed by atoms with Crippen LogP contribution < -0.4 is 0 Å². The van der Waals surface area contributed by atoms with Gasteiger partial charge in [-0.15, -0.1) is 0 Å². The fourth-order valence-electron chi connectivity index (χ4n) is 0. The summed E-state index contributed by atoms with van der Waals surface area (Å²) in [4.78, 5) is 0. The molecular weight excluding hydrogens is 68.0 g/mol. The molecule has 2 heteroatoms. The Labute approximate surface area is 32.5 Å². The van der Waals surface area contributed by atoms with Crippen molar-refractivity contribution in [2.24, 2.45) is 0 Å². The number of aliphatic hydroxyl groups excluding tert-OH is 1. The van der Waals surface area contributed by atoms with E-state index in [1.165, 1.54) is 6.92 Å². The fraction of sp³-hybridized carbons (Fsp3) is 1.00. The summed E-state index contributed by atoms with van der Waals surface area (Å²) in [6.07, 6.45) is -1.65. The third kappa shape index (κ3) is 3.92. The quantitative estimate of drug-likeness (QED) is 0.437. The van der Waals surface area contributed by atoms with Gasteiger partial charge in [-0.1, -0.05) is 0 Å². The average Bonchev–Trinajstić information content (AvgIpc) is 1.35. The lowest BCUT2D eigenvalue weighted by atomic mass is 10.5. The Morgan fingerprint density at radius 3 is 2.40 bits per heavy atom. The molecule has 0 aromatic heterocycles. The van der Waals surface area contributed by atoms with E-state index >= 15 is 0 Å². The maximum Gasteiger partial charge on any atom is 0.0742 e. The molecule has 0 aliphatic rings. The molecule has 5 heavy (non-hydrogen) atoms. The SMILES string of the molecule is [2H][C@@](C)(O)CO. The average molecular weight is 77.1 g/mol. The Balaban J connectivity index is 3.17. The zero-order valence-electron chi connectivity index (χ0n) is 4.10. The van der Waals surface area contributed by atoms with Gasteiger partial charge in [0.25, 0.3) is 0 Å². The van der Waals surface area contributed by atoms with Crippen molar-refractivity contribution in [2.45, 2.75) is 13.0 Å².